The normalized spacial score (nSPS) is 15.7. The van der Waals surface area contributed by atoms with Crippen molar-refractivity contribution >= 4 is 5.97 Å². The molecule has 0 atom stereocenters. The zero-order valence-corrected chi connectivity index (χ0v) is 12.5. The van der Waals surface area contributed by atoms with E-state index in [0.717, 1.165) is 5.56 Å². The fourth-order valence-electron chi connectivity index (χ4n) is 3.35. The zero-order valence-electron chi connectivity index (χ0n) is 12.5. The molecule has 0 heterocycles. The van der Waals surface area contributed by atoms with E-state index in [1.165, 1.54) is 22.3 Å². The van der Waals surface area contributed by atoms with Gasteiger partial charge in [0.25, 0.3) is 0 Å². The number of hydrogen-bond acceptors (Lipinski definition) is 1. The van der Waals surface area contributed by atoms with Crippen LogP contribution in [0.4, 0.5) is 0 Å². The second-order valence-electron chi connectivity index (χ2n) is 6.30. The molecule has 21 heavy (non-hydrogen) atoms. The minimum atomic E-state index is -0.689. The van der Waals surface area contributed by atoms with Crippen LogP contribution in [0, 0.1) is 19.3 Å². The number of carboxylic acid groups (broad SMARTS) is 1. The summed E-state index contributed by atoms with van der Waals surface area (Å²) >= 11 is 0. The molecule has 0 spiro atoms. The van der Waals surface area contributed by atoms with Gasteiger partial charge in [0.2, 0.25) is 0 Å². The Balaban J connectivity index is 1.94. The quantitative estimate of drug-likeness (QED) is 0.930. The summed E-state index contributed by atoms with van der Waals surface area (Å²) in [6.07, 6.45) is 1.86. The van der Waals surface area contributed by atoms with Crippen molar-refractivity contribution in [2.75, 3.05) is 0 Å². The Labute approximate surface area is 125 Å². The first-order valence-corrected chi connectivity index (χ1v) is 7.36. The van der Waals surface area contributed by atoms with Crippen LogP contribution >= 0.6 is 0 Å². The molecule has 0 saturated carbocycles. The summed E-state index contributed by atoms with van der Waals surface area (Å²) in [5, 5.41) is 9.82. The molecule has 108 valence electrons. The molecule has 0 aliphatic heterocycles. The van der Waals surface area contributed by atoms with Crippen LogP contribution in [-0.4, -0.2) is 11.1 Å². The molecule has 2 heteroatoms. The number of carbonyl (C=O) groups is 1. The highest BCUT2D eigenvalue weighted by molar-refractivity contribution is 5.77. The second-order valence-corrected chi connectivity index (χ2v) is 6.30. The van der Waals surface area contributed by atoms with Crippen LogP contribution in [0.5, 0.6) is 0 Å². The van der Waals surface area contributed by atoms with Gasteiger partial charge >= 0.3 is 5.97 Å². The maximum Gasteiger partial charge on any atom is 0.310 e. The van der Waals surface area contributed by atoms with Gasteiger partial charge in [0, 0.05) is 0 Å². The average Bonchev–Trinajstić information content (AvgIpc) is 2.82. The lowest BCUT2D eigenvalue weighted by atomic mass is 9.78. The standard InChI is InChI=1S/C19H20O2/c1-13-7-8-15(9-14(13)2)10-19(18(20)21)11-16-5-3-4-6-17(16)12-19/h3-9H,10-12H2,1-2H3,(H,20,21). The minimum Gasteiger partial charge on any atom is -0.481 e. The third kappa shape index (κ3) is 2.46. The number of aliphatic carboxylic acids is 1. The largest absolute Gasteiger partial charge is 0.481 e. The second kappa shape index (κ2) is 5.03. The van der Waals surface area contributed by atoms with Crippen LogP contribution in [0.1, 0.15) is 27.8 Å². The van der Waals surface area contributed by atoms with Crippen LogP contribution in [-0.2, 0) is 24.1 Å². The first kappa shape index (κ1) is 13.9. The van der Waals surface area contributed by atoms with Crippen molar-refractivity contribution in [1.82, 2.24) is 0 Å². The summed E-state index contributed by atoms with van der Waals surface area (Å²) in [6, 6.07) is 14.4. The van der Waals surface area contributed by atoms with Gasteiger partial charge in [0.1, 0.15) is 0 Å². The van der Waals surface area contributed by atoms with Gasteiger partial charge in [-0.1, -0.05) is 42.5 Å². The Morgan fingerprint density at radius 2 is 1.67 bits per heavy atom. The molecule has 0 radical (unpaired) electrons. The molecule has 0 fully saturated rings. The highest BCUT2D eigenvalue weighted by atomic mass is 16.4. The molecule has 2 aromatic carbocycles. The Kier molecular flexibility index (Phi) is 3.32. The number of rotatable bonds is 3. The SMILES string of the molecule is Cc1ccc(CC2(C(=O)O)Cc3ccccc3C2)cc1C. The molecule has 1 aliphatic carbocycles. The van der Waals surface area contributed by atoms with E-state index in [1.54, 1.807) is 0 Å². The number of carboxylic acids is 1. The van der Waals surface area contributed by atoms with E-state index in [4.69, 9.17) is 0 Å². The number of fused-ring (bicyclic) bond motifs is 1. The van der Waals surface area contributed by atoms with Crippen molar-refractivity contribution in [2.45, 2.75) is 33.1 Å². The fourth-order valence-corrected chi connectivity index (χ4v) is 3.35. The van der Waals surface area contributed by atoms with Gasteiger partial charge in [-0.25, -0.2) is 0 Å². The summed E-state index contributed by atoms with van der Waals surface area (Å²) in [4.78, 5) is 11.9. The topological polar surface area (TPSA) is 37.3 Å². The van der Waals surface area contributed by atoms with Crippen LogP contribution in [0.15, 0.2) is 42.5 Å². The first-order valence-electron chi connectivity index (χ1n) is 7.36. The molecule has 2 nitrogen and oxygen atoms in total. The average molecular weight is 280 g/mol. The summed E-state index contributed by atoms with van der Waals surface area (Å²) in [5.74, 6) is -0.683. The predicted octanol–water partition coefficient (Wildman–Crippen LogP) is 3.72. The van der Waals surface area contributed by atoms with Crippen molar-refractivity contribution < 1.29 is 9.90 Å². The number of benzene rings is 2. The van der Waals surface area contributed by atoms with Gasteiger partial charge in [0.05, 0.1) is 5.41 Å². The minimum absolute atomic E-state index is 0.595. The molecule has 0 bridgehead atoms. The molecule has 3 rings (SSSR count). The Bertz CT molecular complexity index is 675. The fraction of sp³-hybridized carbons (Fsp3) is 0.316. The van der Waals surface area contributed by atoms with Gasteiger partial charge in [-0.2, -0.15) is 0 Å². The Hall–Kier alpha value is -2.09. The summed E-state index contributed by atoms with van der Waals surface area (Å²) in [5.41, 5.74) is 5.27. The highest BCUT2D eigenvalue weighted by Gasteiger charge is 2.43. The van der Waals surface area contributed by atoms with Gasteiger partial charge in [-0.15, -0.1) is 0 Å². The molecule has 0 saturated heterocycles. The van der Waals surface area contributed by atoms with E-state index in [1.807, 2.05) is 12.1 Å². The summed E-state index contributed by atoms with van der Waals surface area (Å²) in [7, 11) is 0. The lowest BCUT2D eigenvalue weighted by Crippen LogP contribution is -2.34. The molecule has 1 N–H and O–H groups in total. The van der Waals surface area contributed by atoms with Gasteiger partial charge in [0.15, 0.2) is 0 Å². The van der Waals surface area contributed by atoms with E-state index < -0.39 is 11.4 Å². The maximum atomic E-state index is 11.9. The maximum absolute atomic E-state index is 11.9. The number of aryl methyl sites for hydroxylation is 2. The molecular formula is C19H20O2. The van der Waals surface area contributed by atoms with E-state index in [2.05, 4.69) is 44.2 Å². The molecule has 0 aromatic heterocycles. The van der Waals surface area contributed by atoms with Crippen molar-refractivity contribution in [2.24, 2.45) is 5.41 Å². The molecule has 0 unspecified atom stereocenters. The zero-order chi connectivity index (χ0) is 15.0. The summed E-state index contributed by atoms with van der Waals surface area (Å²) < 4.78 is 0. The van der Waals surface area contributed by atoms with Gasteiger partial charge in [-0.3, -0.25) is 4.79 Å². The van der Waals surface area contributed by atoms with E-state index in [-0.39, 0.29) is 0 Å². The van der Waals surface area contributed by atoms with Gasteiger partial charge in [-0.05, 0) is 60.9 Å². The van der Waals surface area contributed by atoms with Crippen molar-refractivity contribution in [3.8, 4) is 0 Å². The highest BCUT2D eigenvalue weighted by Crippen LogP contribution is 2.40. The lowest BCUT2D eigenvalue weighted by Gasteiger charge is -2.24. The molecule has 2 aromatic rings. The Morgan fingerprint density at radius 1 is 1.05 bits per heavy atom. The third-order valence-corrected chi connectivity index (χ3v) is 4.74. The van der Waals surface area contributed by atoms with Crippen LogP contribution < -0.4 is 0 Å². The Morgan fingerprint density at radius 3 is 2.19 bits per heavy atom. The van der Waals surface area contributed by atoms with E-state index >= 15 is 0 Å². The monoisotopic (exact) mass is 280 g/mol. The lowest BCUT2D eigenvalue weighted by molar-refractivity contribution is -0.148. The van der Waals surface area contributed by atoms with Gasteiger partial charge < -0.3 is 5.11 Å². The third-order valence-electron chi connectivity index (χ3n) is 4.74. The molecule has 0 amide bonds. The van der Waals surface area contributed by atoms with Crippen molar-refractivity contribution in [3.63, 3.8) is 0 Å². The van der Waals surface area contributed by atoms with Crippen LogP contribution in [0.3, 0.4) is 0 Å². The molecular weight excluding hydrogens is 260 g/mol. The van der Waals surface area contributed by atoms with Crippen LogP contribution in [0.2, 0.25) is 0 Å². The smallest absolute Gasteiger partial charge is 0.310 e. The first-order chi connectivity index (χ1) is 10.00. The van der Waals surface area contributed by atoms with E-state index in [0.29, 0.717) is 19.3 Å². The van der Waals surface area contributed by atoms with Crippen LogP contribution in [0.25, 0.3) is 0 Å². The van der Waals surface area contributed by atoms with Crippen molar-refractivity contribution in [1.29, 1.82) is 0 Å². The van der Waals surface area contributed by atoms with E-state index in [9.17, 15) is 9.90 Å². The van der Waals surface area contributed by atoms with Crippen molar-refractivity contribution in [3.05, 3.63) is 70.3 Å². The predicted molar refractivity (Wildman–Crippen MR) is 83.5 cm³/mol. The number of hydrogen-bond donors (Lipinski definition) is 1. The summed E-state index contributed by atoms with van der Waals surface area (Å²) in [6.45, 7) is 4.16. The molecule has 1 aliphatic rings.